The van der Waals surface area contributed by atoms with Crippen LogP contribution in [0.15, 0.2) is 24.3 Å². The Morgan fingerprint density at radius 2 is 1.81 bits per heavy atom. The van der Waals surface area contributed by atoms with Crippen LogP contribution in [0.1, 0.15) is 49.4 Å². The van der Waals surface area contributed by atoms with Gasteiger partial charge in [0.05, 0.1) is 5.75 Å². The van der Waals surface area contributed by atoms with Crippen molar-refractivity contribution in [1.82, 2.24) is 10.6 Å². The highest BCUT2D eigenvalue weighted by Crippen LogP contribution is 2.24. The topological polar surface area (TPSA) is 104 Å². The van der Waals surface area contributed by atoms with Crippen LogP contribution in [0.25, 0.3) is 0 Å². The monoisotopic (exact) mass is 381 g/mol. The number of carbonyl (C=O) groups is 2. The van der Waals surface area contributed by atoms with Gasteiger partial charge in [-0.1, -0.05) is 25.8 Å². The first-order chi connectivity index (χ1) is 12.4. The molecule has 144 valence electrons. The Morgan fingerprint density at radius 1 is 1.12 bits per heavy atom. The van der Waals surface area contributed by atoms with Crippen LogP contribution in [0.3, 0.4) is 0 Å². The maximum atomic E-state index is 12.2. The number of benzene rings is 1. The van der Waals surface area contributed by atoms with Gasteiger partial charge in [0, 0.05) is 30.3 Å². The van der Waals surface area contributed by atoms with Crippen molar-refractivity contribution in [3.8, 4) is 0 Å². The van der Waals surface area contributed by atoms with Crippen LogP contribution in [0, 0.1) is 5.92 Å². The van der Waals surface area contributed by atoms with Gasteiger partial charge in [0.2, 0.25) is 15.9 Å². The maximum Gasteiger partial charge on any atom is 0.251 e. The smallest absolute Gasteiger partial charge is 0.251 e. The van der Waals surface area contributed by atoms with Gasteiger partial charge in [-0.25, -0.2) is 8.42 Å². The highest BCUT2D eigenvalue weighted by atomic mass is 32.2. The minimum Gasteiger partial charge on any atom is -0.354 e. The molecule has 0 atom stereocenters. The third kappa shape index (κ3) is 6.33. The normalized spacial score (nSPS) is 14.8. The van der Waals surface area contributed by atoms with Crippen molar-refractivity contribution in [3.63, 3.8) is 0 Å². The Labute approximate surface area is 155 Å². The SMILES string of the molecule is CCCS(=O)(=O)Nc1cccc(C(=O)NCCNC(=O)C2CCCC2)c1. The fraction of sp³-hybridized carbons (Fsp3) is 0.556. The molecule has 0 spiro atoms. The number of sulfonamides is 1. The number of anilines is 1. The highest BCUT2D eigenvalue weighted by molar-refractivity contribution is 7.92. The zero-order valence-electron chi connectivity index (χ0n) is 15.1. The fourth-order valence-electron chi connectivity index (χ4n) is 3.02. The Balaban J connectivity index is 1.80. The van der Waals surface area contributed by atoms with Gasteiger partial charge in [-0.2, -0.15) is 0 Å². The van der Waals surface area contributed by atoms with E-state index in [1.165, 1.54) is 6.07 Å². The van der Waals surface area contributed by atoms with Crippen LogP contribution < -0.4 is 15.4 Å². The van der Waals surface area contributed by atoms with Gasteiger partial charge in [-0.15, -0.1) is 0 Å². The Kier molecular flexibility index (Phi) is 7.44. The van der Waals surface area contributed by atoms with E-state index in [-0.39, 0.29) is 23.5 Å². The van der Waals surface area contributed by atoms with Crippen molar-refractivity contribution in [3.05, 3.63) is 29.8 Å². The van der Waals surface area contributed by atoms with Crippen molar-refractivity contribution >= 4 is 27.5 Å². The molecule has 1 aromatic carbocycles. The molecule has 2 rings (SSSR count). The Bertz CT molecular complexity index is 728. The fourth-order valence-corrected chi connectivity index (χ4v) is 4.14. The lowest BCUT2D eigenvalue weighted by atomic mass is 10.1. The van der Waals surface area contributed by atoms with Crippen LogP contribution in [0.2, 0.25) is 0 Å². The van der Waals surface area contributed by atoms with Crippen molar-refractivity contribution in [1.29, 1.82) is 0 Å². The first kappa shape index (κ1) is 20.2. The lowest BCUT2D eigenvalue weighted by Gasteiger charge is -2.11. The summed E-state index contributed by atoms with van der Waals surface area (Å²) in [5.41, 5.74) is 0.726. The van der Waals surface area contributed by atoms with E-state index in [1.807, 2.05) is 0 Å². The molecule has 0 radical (unpaired) electrons. The molecule has 1 fully saturated rings. The average Bonchev–Trinajstić information content (AvgIpc) is 3.12. The number of hydrogen-bond acceptors (Lipinski definition) is 4. The van der Waals surface area contributed by atoms with E-state index in [2.05, 4.69) is 15.4 Å². The summed E-state index contributed by atoms with van der Waals surface area (Å²) in [6.07, 6.45) is 4.61. The highest BCUT2D eigenvalue weighted by Gasteiger charge is 2.22. The van der Waals surface area contributed by atoms with Crippen LogP contribution >= 0.6 is 0 Å². The number of rotatable bonds is 9. The molecule has 0 aliphatic heterocycles. The summed E-state index contributed by atoms with van der Waals surface area (Å²) in [5.74, 6) is -0.108. The van der Waals surface area contributed by atoms with E-state index in [9.17, 15) is 18.0 Å². The van der Waals surface area contributed by atoms with Gasteiger partial charge in [-0.05, 0) is 37.5 Å². The molecule has 1 aliphatic carbocycles. The maximum absolute atomic E-state index is 12.2. The number of nitrogens with one attached hydrogen (secondary N) is 3. The van der Waals surface area contributed by atoms with E-state index in [0.29, 0.717) is 30.8 Å². The minimum absolute atomic E-state index is 0.0319. The van der Waals surface area contributed by atoms with Gasteiger partial charge >= 0.3 is 0 Å². The lowest BCUT2D eigenvalue weighted by molar-refractivity contribution is -0.124. The summed E-state index contributed by atoms with van der Waals surface area (Å²) in [5, 5.41) is 5.57. The van der Waals surface area contributed by atoms with Crippen LogP contribution in [0.5, 0.6) is 0 Å². The van der Waals surface area contributed by atoms with Gasteiger partial charge in [0.15, 0.2) is 0 Å². The van der Waals surface area contributed by atoms with Crippen molar-refractivity contribution < 1.29 is 18.0 Å². The Morgan fingerprint density at radius 3 is 2.50 bits per heavy atom. The molecule has 0 bridgehead atoms. The van der Waals surface area contributed by atoms with E-state index in [0.717, 1.165) is 25.7 Å². The standard InChI is InChI=1S/C18H27N3O4S/c1-2-12-26(24,25)21-16-9-5-8-15(13-16)18(23)20-11-10-19-17(22)14-6-3-4-7-14/h5,8-9,13-14,21H,2-4,6-7,10-12H2,1H3,(H,19,22)(H,20,23). The molecular formula is C18H27N3O4S. The van der Waals surface area contributed by atoms with Crippen LogP contribution in [-0.2, 0) is 14.8 Å². The van der Waals surface area contributed by atoms with E-state index in [4.69, 9.17) is 0 Å². The average molecular weight is 381 g/mol. The number of hydrogen-bond donors (Lipinski definition) is 3. The van der Waals surface area contributed by atoms with Crippen molar-refractivity contribution in [2.75, 3.05) is 23.6 Å². The van der Waals surface area contributed by atoms with Crippen LogP contribution in [0.4, 0.5) is 5.69 Å². The van der Waals surface area contributed by atoms with E-state index >= 15 is 0 Å². The second kappa shape index (κ2) is 9.56. The molecule has 1 saturated carbocycles. The summed E-state index contributed by atoms with van der Waals surface area (Å²) in [6, 6.07) is 6.34. The summed E-state index contributed by atoms with van der Waals surface area (Å²) in [6.45, 7) is 2.49. The molecule has 0 aromatic heterocycles. The number of amides is 2. The summed E-state index contributed by atoms with van der Waals surface area (Å²) in [7, 11) is -3.40. The first-order valence-corrected chi connectivity index (χ1v) is 10.7. The van der Waals surface area contributed by atoms with Gasteiger partial charge in [0.25, 0.3) is 5.91 Å². The third-order valence-electron chi connectivity index (χ3n) is 4.31. The summed E-state index contributed by atoms with van der Waals surface area (Å²) in [4.78, 5) is 24.1. The predicted octanol–water partition coefficient (Wildman–Crippen LogP) is 1.87. The summed E-state index contributed by atoms with van der Waals surface area (Å²) >= 11 is 0. The molecule has 2 amide bonds. The van der Waals surface area contributed by atoms with Gasteiger partial charge in [0.1, 0.15) is 0 Å². The van der Waals surface area contributed by atoms with E-state index in [1.54, 1.807) is 25.1 Å². The molecule has 26 heavy (non-hydrogen) atoms. The zero-order chi connectivity index (χ0) is 19.0. The lowest BCUT2D eigenvalue weighted by Crippen LogP contribution is -2.37. The van der Waals surface area contributed by atoms with Crippen molar-refractivity contribution in [2.45, 2.75) is 39.0 Å². The zero-order valence-corrected chi connectivity index (χ0v) is 15.9. The second-order valence-corrected chi connectivity index (χ2v) is 8.37. The quantitative estimate of drug-likeness (QED) is 0.568. The third-order valence-corrected chi connectivity index (χ3v) is 5.80. The molecule has 1 aromatic rings. The molecule has 7 nitrogen and oxygen atoms in total. The second-order valence-electron chi connectivity index (χ2n) is 6.53. The molecular weight excluding hydrogens is 354 g/mol. The molecule has 3 N–H and O–H groups in total. The molecule has 8 heteroatoms. The van der Waals surface area contributed by atoms with E-state index < -0.39 is 10.0 Å². The number of carbonyl (C=O) groups excluding carboxylic acids is 2. The predicted molar refractivity (Wildman–Crippen MR) is 101 cm³/mol. The summed E-state index contributed by atoms with van der Waals surface area (Å²) < 4.78 is 26.1. The Hall–Kier alpha value is -2.09. The van der Waals surface area contributed by atoms with Crippen LogP contribution in [-0.4, -0.2) is 39.1 Å². The van der Waals surface area contributed by atoms with Crippen molar-refractivity contribution in [2.24, 2.45) is 5.92 Å². The largest absolute Gasteiger partial charge is 0.354 e. The molecule has 0 unspecified atom stereocenters. The molecule has 0 heterocycles. The van der Waals surface area contributed by atoms with Gasteiger partial charge < -0.3 is 10.6 Å². The molecule has 1 aliphatic rings. The molecule has 0 saturated heterocycles. The van der Waals surface area contributed by atoms with Gasteiger partial charge in [-0.3, -0.25) is 14.3 Å². The first-order valence-electron chi connectivity index (χ1n) is 9.08. The minimum atomic E-state index is -3.40.